The van der Waals surface area contributed by atoms with Gasteiger partial charge in [0, 0.05) is 11.8 Å². The van der Waals surface area contributed by atoms with Crippen molar-refractivity contribution in [2.75, 3.05) is 16.8 Å². The average Bonchev–Trinajstić information content (AvgIpc) is 2.87. The normalized spacial score (nSPS) is 19.5. The Labute approximate surface area is 118 Å². The molecule has 2 heterocycles. The van der Waals surface area contributed by atoms with Crippen LogP contribution in [0, 0.1) is 10.1 Å². The van der Waals surface area contributed by atoms with E-state index in [2.05, 4.69) is 10.3 Å². The number of hydrogen-bond acceptors (Lipinski definition) is 6. The summed E-state index contributed by atoms with van der Waals surface area (Å²) >= 11 is 3.32. The van der Waals surface area contributed by atoms with Crippen molar-refractivity contribution in [3.8, 4) is 0 Å². The van der Waals surface area contributed by atoms with Crippen molar-refractivity contribution in [1.82, 2.24) is 4.98 Å². The topological polar surface area (TPSA) is 68.1 Å². The summed E-state index contributed by atoms with van der Waals surface area (Å²) in [6, 6.07) is 4.02. The number of hydrogen-bond donors (Lipinski definition) is 1. The Morgan fingerprint density at radius 2 is 2.37 bits per heavy atom. The minimum atomic E-state index is -0.333. The number of nitro groups is 1. The van der Waals surface area contributed by atoms with Crippen LogP contribution >= 0.6 is 23.1 Å². The Hall–Kier alpha value is -1.34. The molecule has 7 heteroatoms. The Morgan fingerprint density at radius 3 is 3.11 bits per heavy atom. The van der Waals surface area contributed by atoms with Crippen LogP contribution in [-0.4, -0.2) is 27.5 Å². The highest BCUT2D eigenvalue weighted by Crippen LogP contribution is 2.35. The van der Waals surface area contributed by atoms with Crippen LogP contribution in [0.5, 0.6) is 0 Å². The number of fused-ring (bicyclic) bond motifs is 1. The van der Waals surface area contributed by atoms with E-state index in [0.717, 1.165) is 23.3 Å². The van der Waals surface area contributed by atoms with Gasteiger partial charge in [-0.1, -0.05) is 0 Å². The fourth-order valence-corrected chi connectivity index (χ4v) is 4.04. The zero-order chi connectivity index (χ0) is 13.2. The molecule has 1 aliphatic rings. The van der Waals surface area contributed by atoms with E-state index in [1.165, 1.54) is 17.1 Å². The zero-order valence-electron chi connectivity index (χ0n) is 10.2. The van der Waals surface area contributed by atoms with Gasteiger partial charge in [0.25, 0.3) is 0 Å². The minimum absolute atomic E-state index is 0.106. The molecule has 0 aliphatic carbocycles. The van der Waals surface area contributed by atoms with Gasteiger partial charge in [-0.25, -0.2) is 4.98 Å². The standard InChI is InChI=1S/C12H13N3O2S2/c16-15(17)12-9(14-8-2-1-5-18-6-8)3-4-10-11(12)13-7-19-10/h3-4,7-8,14H,1-2,5-6H2. The van der Waals surface area contributed by atoms with Gasteiger partial charge < -0.3 is 5.32 Å². The highest BCUT2D eigenvalue weighted by molar-refractivity contribution is 7.99. The molecule has 1 saturated heterocycles. The molecule has 1 unspecified atom stereocenters. The van der Waals surface area contributed by atoms with Crippen LogP contribution in [0.15, 0.2) is 17.6 Å². The van der Waals surface area contributed by atoms with Gasteiger partial charge in [0.05, 0.1) is 15.1 Å². The molecule has 3 rings (SSSR count). The first-order valence-electron chi connectivity index (χ1n) is 6.10. The molecule has 0 amide bonds. The van der Waals surface area contributed by atoms with E-state index in [-0.39, 0.29) is 10.6 Å². The maximum absolute atomic E-state index is 11.3. The molecule has 0 bridgehead atoms. The molecule has 1 fully saturated rings. The van der Waals surface area contributed by atoms with Crippen LogP contribution < -0.4 is 5.32 Å². The molecule has 1 aromatic carbocycles. The Balaban J connectivity index is 1.97. The average molecular weight is 295 g/mol. The van der Waals surface area contributed by atoms with Gasteiger partial charge in [-0.15, -0.1) is 11.3 Å². The number of rotatable bonds is 3. The number of nitrogens with zero attached hydrogens (tertiary/aromatic N) is 2. The molecular formula is C12H13N3O2S2. The van der Waals surface area contributed by atoms with Crippen LogP contribution in [0.3, 0.4) is 0 Å². The second-order valence-corrected chi connectivity index (χ2v) is 6.51. The quantitative estimate of drug-likeness (QED) is 0.693. The monoisotopic (exact) mass is 295 g/mol. The molecule has 1 atom stereocenters. The van der Waals surface area contributed by atoms with Crippen molar-refractivity contribution in [3.05, 3.63) is 27.8 Å². The van der Waals surface area contributed by atoms with Crippen molar-refractivity contribution in [2.45, 2.75) is 18.9 Å². The predicted octanol–water partition coefficient (Wildman–Crippen LogP) is 3.51. The first-order valence-corrected chi connectivity index (χ1v) is 8.14. The summed E-state index contributed by atoms with van der Waals surface area (Å²) in [4.78, 5) is 15.1. The van der Waals surface area contributed by atoms with Crippen LogP contribution in [-0.2, 0) is 0 Å². The summed E-state index contributed by atoms with van der Waals surface area (Å²) in [5, 5.41) is 14.6. The van der Waals surface area contributed by atoms with Gasteiger partial charge in [0.15, 0.2) is 5.52 Å². The number of thioether (sulfide) groups is 1. The van der Waals surface area contributed by atoms with Gasteiger partial charge in [-0.05, 0) is 30.7 Å². The zero-order valence-corrected chi connectivity index (χ0v) is 11.8. The molecule has 100 valence electrons. The predicted molar refractivity (Wildman–Crippen MR) is 80.2 cm³/mol. The summed E-state index contributed by atoms with van der Waals surface area (Å²) in [5.74, 6) is 2.19. The summed E-state index contributed by atoms with van der Waals surface area (Å²) < 4.78 is 0.857. The van der Waals surface area contributed by atoms with Crippen LogP contribution in [0.25, 0.3) is 10.2 Å². The first-order chi connectivity index (χ1) is 9.25. The van der Waals surface area contributed by atoms with Gasteiger partial charge in [0.2, 0.25) is 0 Å². The third-order valence-electron chi connectivity index (χ3n) is 3.18. The minimum Gasteiger partial charge on any atom is -0.376 e. The number of nitrogens with one attached hydrogen (secondary N) is 1. The van der Waals surface area contributed by atoms with Crippen molar-refractivity contribution in [2.24, 2.45) is 0 Å². The van der Waals surface area contributed by atoms with E-state index in [1.54, 1.807) is 11.6 Å². The van der Waals surface area contributed by atoms with Gasteiger partial charge in [-0.3, -0.25) is 10.1 Å². The highest BCUT2D eigenvalue weighted by Gasteiger charge is 2.23. The maximum Gasteiger partial charge on any atom is 0.319 e. The molecule has 0 saturated carbocycles. The molecule has 5 nitrogen and oxygen atoms in total. The molecule has 0 radical (unpaired) electrons. The van der Waals surface area contributed by atoms with Crippen LogP contribution in [0.4, 0.5) is 11.4 Å². The van der Waals surface area contributed by atoms with Crippen molar-refractivity contribution in [3.63, 3.8) is 0 Å². The smallest absolute Gasteiger partial charge is 0.319 e. The van der Waals surface area contributed by atoms with Gasteiger partial charge >= 0.3 is 5.69 Å². The number of thiazole rings is 1. The molecule has 0 spiro atoms. The lowest BCUT2D eigenvalue weighted by Crippen LogP contribution is -2.26. The van der Waals surface area contributed by atoms with E-state index in [9.17, 15) is 10.1 Å². The number of anilines is 1. The first kappa shape index (κ1) is 12.7. The SMILES string of the molecule is O=[N+]([O-])c1c(NC2CCCSC2)ccc2scnc12. The second kappa shape index (κ2) is 5.34. The van der Waals surface area contributed by atoms with E-state index in [4.69, 9.17) is 0 Å². The Bertz CT molecular complexity index is 608. The Kier molecular flexibility index (Phi) is 3.56. The largest absolute Gasteiger partial charge is 0.376 e. The molecule has 1 aliphatic heterocycles. The fraction of sp³-hybridized carbons (Fsp3) is 0.417. The lowest BCUT2D eigenvalue weighted by Gasteiger charge is -2.23. The van der Waals surface area contributed by atoms with Crippen molar-refractivity contribution < 1.29 is 4.92 Å². The fourth-order valence-electron chi connectivity index (χ4n) is 2.29. The second-order valence-electron chi connectivity index (χ2n) is 4.48. The summed E-state index contributed by atoms with van der Waals surface area (Å²) in [7, 11) is 0. The van der Waals surface area contributed by atoms with Crippen molar-refractivity contribution in [1.29, 1.82) is 0 Å². The van der Waals surface area contributed by atoms with E-state index < -0.39 is 0 Å². The summed E-state index contributed by atoms with van der Waals surface area (Å²) in [5.41, 5.74) is 2.84. The van der Waals surface area contributed by atoms with E-state index in [1.807, 2.05) is 17.8 Å². The van der Waals surface area contributed by atoms with Gasteiger partial charge in [-0.2, -0.15) is 11.8 Å². The third-order valence-corrected chi connectivity index (χ3v) is 5.19. The lowest BCUT2D eigenvalue weighted by molar-refractivity contribution is -0.382. The summed E-state index contributed by atoms with van der Waals surface area (Å²) in [6.45, 7) is 0. The number of benzene rings is 1. The molecule has 1 aromatic heterocycles. The van der Waals surface area contributed by atoms with E-state index in [0.29, 0.717) is 17.2 Å². The van der Waals surface area contributed by atoms with E-state index >= 15 is 0 Å². The molecule has 2 aromatic rings. The third kappa shape index (κ3) is 2.52. The van der Waals surface area contributed by atoms with Crippen molar-refractivity contribution >= 4 is 44.7 Å². The van der Waals surface area contributed by atoms with Gasteiger partial charge in [0.1, 0.15) is 5.69 Å². The molecular weight excluding hydrogens is 282 g/mol. The highest BCUT2D eigenvalue weighted by atomic mass is 32.2. The number of nitro benzene ring substituents is 1. The molecule has 1 N–H and O–H groups in total. The lowest BCUT2D eigenvalue weighted by atomic mass is 10.1. The van der Waals surface area contributed by atoms with Crippen LogP contribution in [0.2, 0.25) is 0 Å². The maximum atomic E-state index is 11.3. The molecule has 19 heavy (non-hydrogen) atoms. The number of aromatic nitrogens is 1. The Morgan fingerprint density at radius 1 is 1.47 bits per heavy atom. The van der Waals surface area contributed by atoms with Crippen LogP contribution in [0.1, 0.15) is 12.8 Å². The summed E-state index contributed by atoms with van der Waals surface area (Å²) in [6.07, 6.45) is 2.23.